The molecule has 0 saturated carbocycles. The molecule has 0 spiro atoms. The highest BCUT2D eigenvalue weighted by Crippen LogP contribution is 2.32. The zero-order valence-electron chi connectivity index (χ0n) is 12.0. The molecule has 0 aliphatic heterocycles. The molecule has 96 valence electrons. The van der Waals surface area contributed by atoms with Crippen LogP contribution in [0.2, 0.25) is 0 Å². The Labute approximate surface area is 115 Å². The molecule has 1 unspecified atom stereocenters. The van der Waals surface area contributed by atoms with Crippen LogP contribution in [-0.2, 0) is 5.41 Å². The van der Waals surface area contributed by atoms with E-state index in [0.29, 0.717) is 11.8 Å². The highest BCUT2D eigenvalue weighted by atomic mass is 79.9. The van der Waals surface area contributed by atoms with E-state index >= 15 is 0 Å². The van der Waals surface area contributed by atoms with Crippen LogP contribution in [0, 0.1) is 12.8 Å². The van der Waals surface area contributed by atoms with Crippen LogP contribution in [-0.4, -0.2) is 5.33 Å². The van der Waals surface area contributed by atoms with Crippen LogP contribution < -0.4 is 0 Å². The fraction of sp³-hybridized carbons (Fsp3) is 0.625. The van der Waals surface area contributed by atoms with Crippen molar-refractivity contribution in [1.29, 1.82) is 0 Å². The van der Waals surface area contributed by atoms with Gasteiger partial charge >= 0.3 is 0 Å². The van der Waals surface area contributed by atoms with Gasteiger partial charge in [-0.05, 0) is 40.9 Å². The molecule has 1 aromatic carbocycles. The van der Waals surface area contributed by atoms with Gasteiger partial charge in [0.2, 0.25) is 0 Å². The molecule has 0 heterocycles. The van der Waals surface area contributed by atoms with E-state index in [9.17, 15) is 0 Å². The van der Waals surface area contributed by atoms with Gasteiger partial charge in [-0.1, -0.05) is 68.7 Å². The van der Waals surface area contributed by atoms with Crippen LogP contribution in [0.25, 0.3) is 0 Å². The zero-order valence-corrected chi connectivity index (χ0v) is 13.6. The van der Waals surface area contributed by atoms with Gasteiger partial charge in [-0.25, -0.2) is 0 Å². The second-order valence-corrected chi connectivity index (χ2v) is 6.97. The van der Waals surface area contributed by atoms with E-state index in [2.05, 4.69) is 75.7 Å². The number of aryl methyl sites for hydroxylation is 1. The summed E-state index contributed by atoms with van der Waals surface area (Å²) in [7, 11) is 0. The summed E-state index contributed by atoms with van der Waals surface area (Å²) in [6.07, 6.45) is 0. The maximum atomic E-state index is 3.66. The molecule has 1 aromatic rings. The maximum absolute atomic E-state index is 3.66. The molecule has 0 fully saturated rings. The summed E-state index contributed by atoms with van der Waals surface area (Å²) in [6.45, 7) is 13.7. The fourth-order valence-electron chi connectivity index (χ4n) is 2.13. The average Bonchev–Trinajstić information content (AvgIpc) is 2.19. The highest BCUT2D eigenvalue weighted by molar-refractivity contribution is 9.09. The Morgan fingerprint density at radius 3 is 2.18 bits per heavy atom. The van der Waals surface area contributed by atoms with Crippen molar-refractivity contribution in [2.45, 2.75) is 52.9 Å². The first-order valence-electron chi connectivity index (χ1n) is 6.44. The summed E-state index contributed by atoms with van der Waals surface area (Å²) in [5.41, 5.74) is 4.58. The van der Waals surface area contributed by atoms with Crippen LogP contribution in [0.3, 0.4) is 0 Å². The summed E-state index contributed by atoms with van der Waals surface area (Å²) >= 11 is 3.66. The van der Waals surface area contributed by atoms with Crippen LogP contribution in [0.15, 0.2) is 18.2 Å². The predicted octanol–water partition coefficient (Wildman–Crippen LogP) is 5.43. The first-order chi connectivity index (χ1) is 7.77. The third-order valence-corrected chi connectivity index (χ3v) is 4.21. The molecule has 0 aromatic heterocycles. The Morgan fingerprint density at radius 1 is 1.18 bits per heavy atom. The third-order valence-electron chi connectivity index (χ3n) is 3.52. The Morgan fingerprint density at radius 2 is 1.76 bits per heavy atom. The van der Waals surface area contributed by atoms with Gasteiger partial charge in [-0.2, -0.15) is 0 Å². The van der Waals surface area contributed by atoms with Gasteiger partial charge in [0, 0.05) is 5.33 Å². The van der Waals surface area contributed by atoms with Crippen LogP contribution in [0.5, 0.6) is 0 Å². The second kappa shape index (κ2) is 5.56. The molecule has 0 amide bonds. The first-order valence-corrected chi connectivity index (χ1v) is 7.56. The minimum absolute atomic E-state index is 0.232. The Kier molecular flexibility index (Phi) is 4.83. The van der Waals surface area contributed by atoms with Gasteiger partial charge in [0.05, 0.1) is 0 Å². The number of benzene rings is 1. The van der Waals surface area contributed by atoms with Crippen molar-refractivity contribution in [3.8, 4) is 0 Å². The summed E-state index contributed by atoms with van der Waals surface area (Å²) in [4.78, 5) is 0. The number of hydrogen-bond acceptors (Lipinski definition) is 0. The van der Waals surface area contributed by atoms with Crippen LogP contribution in [0.1, 0.15) is 57.2 Å². The van der Waals surface area contributed by atoms with E-state index in [1.807, 2.05) is 0 Å². The topological polar surface area (TPSA) is 0 Å². The normalized spacial score (nSPS) is 14.1. The lowest BCUT2D eigenvalue weighted by Gasteiger charge is -2.25. The molecule has 0 aliphatic carbocycles. The van der Waals surface area contributed by atoms with Crippen molar-refractivity contribution in [2.75, 3.05) is 5.33 Å². The summed E-state index contributed by atoms with van der Waals surface area (Å²) in [5.74, 6) is 1.28. The molecule has 1 rings (SSSR count). The monoisotopic (exact) mass is 296 g/mol. The molecule has 0 radical (unpaired) electrons. The highest BCUT2D eigenvalue weighted by Gasteiger charge is 2.20. The largest absolute Gasteiger partial charge is 0.0921 e. The Balaban J connectivity index is 3.23. The Bertz CT molecular complexity index is 372. The number of alkyl halides is 1. The zero-order chi connectivity index (χ0) is 13.2. The van der Waals surface area contributed by atoms with Crippen molar-refractivity contribution in [2.24, 2.45) is 5.92 Å². The molecule has 0 nitrogen and oxygen atoms in total. The van der Waals surface area contributed by atoms with Gasteiger partial charge in [0.25, 0.3) is 0 Å². The second-order valence-electron chi connectivity index (χ2n) is 6.33. The summed E-state index contributed by atoms with van der Waals surface area (Å²) in [6, 6.07) is 6.94. The molecule has 0 saturated heterocycles. The maximum Gasteiger partial charge on any atom is 0.0103 e. The van der Waals surface area contributed by atoms with Crippen molar-refractivity contribution in [1.82, 2.24) is 0 Å². The van der Waals surface area contributed by atoms with Gasteiger partial charge in [-0.15, -0.1) is 0 Å². The molecule has 1 atom stereocenters. The fourth-order valence-corrected chi connectivity index (χ4v) is 3.22. The minimum atomic E-state index is 0.232. The molecule has 0 aliphatic rings. The van der Waals surface area contributed by atoms with E-state index in [1.54, 1.807) is 0 Å². The van der Waals surface area contributed by atoms with E-state index in [0.717, 1.165) is 5.33 Å². The SMILES string of the molecule is Cc1ccc(C(C)(C)C)cc1C(CBr)C(C)C. The van der Waals surface area contributed by atoms with Crippen molar-refractivity contribution >= 4 is 15.9 Å². The first kappa shape index (κ1) is 14.8. The van der Waals surface area contributed by atoms with Gasteiger partial charge < -0.3 is 0 Å². The molecular weight excluding hydrogens is 272 g/mol. The van der Waals surface area contributed by atoms with Crippen molar-refractivity contribution < 1.29 is 0 Å². The molecule has 1 heteroatoms. The predicted molar refractivity (Wildman–Crippen MR) is 81.3 cm³/mol. The van der Waals surface area contributed by atoms with Gasteiger partial charge in [-0.3, -0.25) is 0 Å². The van der Waals surface area contributed by atoms with Gasteiger partial charge in [0.1, 0.15) is 0 Å². The number of hydrogen-bond donors (Lipinski definition) is 0. The molecule has 0 bridgehead atoms. The lowest BCUT2D eigenvalue weighted by atomic mass is 9.81. The average molecular weight is 297 g/mol. The smallest absolute Gasteiger partial charge is 0.0103 e. The minimum Gasteiger partial charge on any atom is -0.0921 e. The Hall–Kier alpha value is -0.300. The molecular formula is C16H25Br. The molecule has 0 N–H and O–H groups in total. The lowest BCUT2D eigenvalue weighted by Crippen LogP contribution is -2.15. The quantitative estimate of drug-likeness (QED) is 0.653. The van der Waals surface area contributed by atoms with E-state index < -0.39 is 0 Å². The van der Waals surface area contributed by atoms with E-state index in [-0.39, 0.29) is 5.41 Å². The van der Waals surface area contributed by atoms with Crippen molar-refractivity contribution in [3.05, 3.63) is 34.9 Å². The standard InChI is InChI=1S/C16H25Br/c1-11(2)15(10-17)14-9-13(16(4,5)6)8-7-12(14)3/h7-9,11,15H,10H2,1-6H3. The van der Waals surface area contributed by atoms with Crippen molar-refractivity contribution in [3.63, 3.8) is 0 Å². The summed E-state index contributed by atoms with van der Waals surface area (Å²) in [5, 5.41) is 1.04. The van der Waals surface area contributed by atoms with Gasteiger partial charge in [0.15, 0.2) is 0 Å². The van der Waals surface area contributed by atoms with Crippen LogP contribution >= 0.6 is 15.9 Å². The van der Waals surface area contributed by atoms with E-state index in [4.69, 9.17) is 0 Å². The summed E-state index contributed by atoms with van der Waals surface area (Å²) < 4.78 is 0. The molecule has 17 heavy (non-hydrogen) atoms. The van der Waals surface area contributed by atoms with Crippen LogP contribution in [0.4, 0.5) is 0 Å². The number of halogens is 1. The third kappa shape index (κ3) is 3.58. The number of rotatable bonds is 3. The lowest BCUT2D eigenvalue weighted by molar-refractivity contribution is 0.537. The van der Waals surface area contributed by atoms with E-state index in [1.165, 1.54) is 16.7 Å².